The number of aromatic nitrogens is 1. The molecule has 1 saturated heterocycles. The van der Waals surface area contributed by atoms with Crippen LogP contribution in [0.2, 0.25) is 0 Å². The highest BCUT2D eigenvalue weighted by Gasteiger charge is 2.52. The molecular weight excluding hydrogens is 284 g/mol. The van der Waals surface area contributed by atoms with E-state index in [1.165, 1.54) is 6.20 Å². The third-order valence-electron chi connectivity index (χ3n) is 5.05. The molecule has 1 saturated carbocycles. The fraction of sp³-hybridized carbons (Fsp3) is 0.625. The van der Waals surface area contributed by atoms with Crippen molar-refractivity contribution in [2.24, 2.45) is 0 Å². The van der Waals surface area contributed by atoms with Crippen molar-refractivity contribution in [2.75, 3.05) is 13.7 Å². The van der Waals surface area contributed by atoms with E-state index in [9.17, 15) is 15.0 Å². The number of aliphatic hydroxyl groups is 2. The smallest absolute Gasteiger partial charge is 0.272 e. The van der Waals surface area contributed by atoms with Gasteiger partial charge in [0, 0.05) is 19.9 Å². The van der Waals surface area contributed by atoms with Gasteiger partial charge in [0.2, 0.25) is 0 Å². The molecule has 3 atom stereocenters. The van der Waals surface area contributed by atoms with Gasteiger partial charge in [0.25, 0.3) is 5.91 Å². The van der Waals surface area contributed by atoms with E-state index in [-0.39, 0.29) is 24.2 Å². The van der Waals surface area contributed by atoms with E-state index in [4.69, 9.17) is 4.74 Å². The summed E-state index contributed by atoms with van der Waals surface area (Å²) in [5.74, 6) is -0.159. The van der Waals surface area contributed by atoms with Crippen LogP contribution in [0.15, 0.2) is 18.3 Å². The molecule has 1 aliphatic carbocycles. The Morgan fingerprint density at radius 2 is 2.36 bits per heavy atom. The highest BCUT2D eigenvalue weighted by atomic mass is 16.5. The molecule has 1 amide bonds. The van der Waals surface area contributed by atoms with Crippen molar-refractivity contribution in [3.63, 3.8) is 0 Å². The first-order valence-electron chi connectivity index (χ1n) is 7.69. The van der Waals surface area contributed by atoms with Gasteiger partial charge in [0.1, 0.15) is 5.69 Å². The summed E-state index contributed by atoms with van der Waals surface area (Å²) in [6.45, 7) is 0.488. The molecule has 3 rings (SSSR count). The van der Waals surface area contributed by atoms with Gasteiger partial charge >= 0.3 is 0 Å². The zero-order valence-corrected chi connectivity index (χ0v) is 12.7. The molecule has 0 bridgehead atoms. The number of likely N-dealkylation sites (tertiary alicyclic amines) is 1. The molecule has 1 aromatic heterocycles. The number of aliphatic hydroxyl groups excluding tert-OH is 2. The molecular formula is C16H22N2O4. The molecule has 2 N–H and O–H groups in total. The van der Waals surface area contributed by atoms with Crippen LogP contribution in [0, 0.1) is 0 Å². The minimum absolute atomic E-state index is 0.117. The number of pyridine rings is 1. The lowest BCUT2D eigenvalue weighted by atomic mass is 9.79. The molecule has 2 aliphatic rings. The van der Waals surface area contributed by atoms with Crippen LogP contribution < -0.4 is 0 Å². The second-order valence-electron chi connectivity index (χ2n) is 6.17. The van der Waals surface area contributed by atoms with Crippen LogP contribution in [0.4, 0.5) is 0 Å². The first-order valence-corrected chi connectivity index (χ1v) is 7.69. The SMILES string of the molecule is CO[C@]12CC[C@H](O)C[C@H]1N(C(=O)c1cc(CO)ccn1)CC2. The van der Waals surface area contributed by atoms with Crippen LogP contribution in [0.1, 0.15) is 41.7 Å². The molecule has 0 unspecified atom stereocenters. The highest BCUT2D eigenvalue weighted by Crippen LogP contribution is 2.42. The van der Waals surface area contributed by atoms with E-state index in [1.807, 2.05) is 0 Å². The van der Waals surface area contributed by atoms with Gasteiger partial charge in [-0.2, -0.15) is 0 Å². The molecule has 2 heterocycles. The lowest BCUT2D eigenvalue weighted by Gasteiger charge is -2.42. The Labute approximate surface area is 129 Å². The molecule has 6 heteroatoms. The van der Waals surface area contributed by atoms with Crippen LogP contribution in [-0.4, -0.2) is 57.4 Å². The van der Waals surface area contributed by atoms with Gasteiger partial charge in [0.05, 0.1) is 24.4 Å². The zero-order valence-electron chi connectivity index (χ0n) is 12.7. The number of hydrogen-bond donors (Lipinski definition) is 2. The van der Waals surface area contributed by atoms with Gasteiger partial charge in [-0.05, 0) is 43.4 Å². The molecule has 1 aromatic rings. The van der Waals surface area contributed by atoms with E-state index in [1.54, 1.807) is 24.1 Å². The summed E-state index contributed by atoms with van der Waals surface area (Å²) >= 11 is 0. The van der Waals surface area contributed by atoms with Crippen molar-refractivity contribution in [1.29, 1.82) is 0 Å². The number of nitrogens with zero attached hydrogens (tertiary/aromatic N) is 2. The Morgan fingerprint density at radius 1 is 1.55 bits per heavy atom. The predicted octanol–water partition coefficient (Wildman–Crippen LogP) is 0.718. The van der Waals surface area contributed by atoms with Crippen molar-refractivity contribution in [2.45, 2.75) is 50.0 Å². The van der Waals surface area contributed by atoms with Gasteiger partial charge in [-0.25, -0.2) is 0 Å². The van der Waals surface area contributed by atoms with Crippen molar-refractivity contribution in [3.05, 3.63) is 29.6 Å². The maximum Gasteiger partial charge on any atom is 0.272 e. The van der Waals surface area contributed by atoms with E-state index in [2.05, 4.69) is 4.98 Å². The third-order valence-corrected chi connectivity index (χ3v) is 5.05. The lowest BCUT2D eigenvalue weighted by Crippen LogP contribution is -2.52. The summed E-state index contributed by atoms with van der Waals surface area (Å²) < 4.78 is 5.75. The number of amides is 1. The van der Waals surface area contributed by atoms with Crippen molar-refractivity contribution < 1.29 is 19.7 Å². The van der Waals surface area contributed by atoms with Gasteiger partial charge in [-0.15, -0.1) is 0 Å². The molecule has 0 aromatic carbocycles. The van der Waals surface area contributed by atoms with Crippen LogP contribution in [-0.2, 0) is 11.3 Å². The van der Waals surface area contributed by atoms with E-state index >= 15 is 0 Å². The summed E-state index contributed by atoms with van der Waals surface area (Å²) in [5.41, 5.74) is 0.654. The molecule has 1 aliphatic heterocycles. The first kappa shape index (κ1) is 15.4. The molecule has 120 valence electrons. The fourth-order valence-corrected chi connectivity index (χ4v) is 3.76. The fourth-order valence-electron chi connectivity index (χ4n) is 3.76. The number of rotatable bonds is 3. The number of hydrogen-bond acceptors (Lipinski definition) is 5. The van der Waals surface area contributed by atoms with Gasteiger partial charge in [-0.3, -0.25) is 9.78 Å². The van der Waals surface area contributed by atoms with Crippen molar-refractivity contribution in [1.82, 2.24) is 9.88 Å². The van der Waals surface area contributed by atoms with Crippen LogP contribution in [0.25, 0.3) is 0 Å². The molecule has 22 heavy (non-hydrogen) atoms. The molecule has 0 radical (unpaired) electrons. The summed E-state index contributed by atoms with van der Waals surface area (Å²) in [4.78, 5) is 18.7. The standard InChI is InChI=1S/C16H22N2O4/c1-22-16-4-2-12(20)9-14(16)18(7-5-16)15(21)13-8-11(10-19)3-6-17-13/h3,6,8,12,14,19-20H,2,4-5,7,9-10H2,1H3/t12-,14+,16-/m0/s1. The third kappa shape index (κ3) is 2.51. The minimum atomic E-state index is -0.390. The quantitative estimate of drug-likeness (QED) is 0.860. The van der Waals surface area contributed by atoms with Crippen molar-refractivity contribution >= 4 is 5.91 Å². The summed E-state index contributed by atoms with van der Waals surface area (Å²) in [6, 6.07) is 3.19. The average Bonchev–Trinajstić information content (AvgIpc) is 2.93. The van der Waals surface area contributed by atoms with Gasteiger partial charge in [-0.1, -0.05) is 0 Å². The first-order chi connectivity index (χ1) is 10.6. The lowest BCUT2D eigenvalue weighted by molar-refractivity contribution is -0.0824. The Kier molecular flexibility index (Phi) is 4.16. The van der Waals surface area contributed by atoms with Crippen LogP contribution in [0.5, 0.6) is 0 Å². The Hall–Kier alpha value is -1.50. The van der Waals surface area contributed by atoms with E-state index in [0.717, 1.165) is 12.8 Å². The normalized spacial score (nSPS) is 31.1. The maximum absolute atomic E-state index is 12.8. The Balaban J connectivity index is 1.86. The summed E-state index contributed by atoms with van der Waals surface area (Å²) in [6.07, 6.45) is 3.95. The van der Waals surface area contributed by atoms with Crippen LogP contribution >= 0.6 is 0 Å². The molecule has 0 spiro atoms. The highest BCUT2D eigenvalue weighted by molar-refractivity contribution is 5.93. The van der Waals surface area contributed by atoms with Gasteiger partial charge < -0.3 is 19.8 Å². The Bertz CT molecular complexity index is 565. The number of methoxy groups -OCH3 is 1. The summed E-state index contributed by atoms with van der Waals surface area (Å²) in [7, 11) is 1.68. The number of fused-ring (bicyclic) bond motifs is 1. The summed E-state index contributed by atoms with van der Waals surface area (Å²) in [5, 5.41) is 19.2. The largest absolute Gasteiger partial charge is 0.393 e. The number of carbonyl (C=O) groups excluding carboxylic acids is 1. The minimum Gasteiger partial charge on any atom is -0.393 e. The Morgan fingerprint density at radius 3 is 3.09 bits per heavy atom. The predicted molar refractivity (Wildman–Crippen MR) is 79.2 cm³/mol. The second kappa shape index (κ2) is 5.95. The topological polar surface area (TPSA) is 82.9 Å². The second-order valence-corrected chi connectivity index (χ2v) is 6.17. The average molecular weight is 306 g/mol. The number of carbonyl (C=O) groups is 1. The van der Waals surface area contributed by atoms with E-state index in [0.29, 0.717) is 30.6 Å². The maximum atomic E-state index is 12.8. The van der Waals surface area contributed by atoms with E-state index < -0.39 is 6.10 Å². The van der Waals surface area contributed by atoms with Gasteiger partial charge in [0.15, 0.2) is 0 Å². The molecule has 6 nitrogen and oxygen atoms in total. The van der Waals surface area contributed by atoms with Crippen molar-refractivity contribution in [3.8, 4) is 0 Å². The molecule has 2 fully saturated rings. The van der Waals surface area contributed by atoms with Crippen LogP contribution in [0.3, 0.4) is 0 Å². The zero-order chi connectivity index (χ0) is 15.7. The monoisotopic (exact) mass is 306 g/mol. The number of ether oxygens (including phenoxy) is 1.